The summed E-state index contributed by atoms with van der Waals surface area (Å²) in [5, 5.41) is 18.9. The zero-order valence-electron chi connectivity index (χ0n) is 15.4. The maximum Gasteiger partial charge on any atom is 0.341 e. The van der Waals surface area contributed by atoms with Crippen LogP contribution in [0.15, 0.2) is 28.8 Å². The molecule has 0 aliphatic heterocycles. The van der Waals surface area contributed by atoms with Crippen LogP contribution in [0.4, 0.5) is 4.79 Å². The molecule has 0 bridgehead atoms. The quantitative estimate of drug-likeness (QED) is 0.753. The number of carbonyl (C=O) groups excluding carboxylic acids is 1. The molecule has 1 aromatic carbocycles. The predicted molar refractivity (Wildman–Crippen MR) is 95.3 cm³/mol. The first kappa shape index (κ1) is 19.3. The zero-order chi connectivity index (χ0) is 19.5. The summed E-state index contributed by atoms with van der Waals surface area (Å²) in [6.07, 6.45) is 0. The van der Waals surface area contributed by atoms with Gasteiger partial charge in [-0.1, -0.05) is 5.16 Å². The van der Waals surface area contributed by atoms with Gasteiger partial charge >= 0.3 is 12.0 Å². The first-order chi connectivity index (χ1) is 12.1. The number of rotatable bonds is 5. The fourth-order valence-electron chi connectivity index (χ4n) is 2.39. The molecule has 0 unspecified atom stereocenters. The number of nitrogens with one attached hydrogen (secondary N) is 2. The topological polar surface area (TPSA) is 114 Å². The predicted octanol–water partition coefficient (Wildman–Crippen LogP) is 3.21. The number of hydrogen-bond donors (Lipinski definition) is 3. The van der Waals surface area contributed by atoms with Crippen molar-refractivity contribution in [3.8, 4) is 17.0 Å². The molecule has 1 aromatic heterocycles. The summed E-state index contributed by atoms with van der Waals surface area (Å²) in [6, 6.07) is 5.68. The minimum Gasteiger partial charge on any atom is -0.497 e. The zero-order valence-corrected chi connectivity index (χ0v) is 15.4. The summed E-state index contributed by atoms with van der Waals surface area (Å²) in [5.74, 6) is -0.465. The van der Waals surface area contributed by atoms with E-state index in [1.807, 2.05) is 20.8 Å². The van der Waals surface area contributed by atoms with E-state index < -0.39 is 23.6 Å². The fraction of sp³-hybridized carbons (Fsp3) is 0.389. The molecule has 0 aliphatic carbocycles. The fourth-order valence-corrected chi connectivity index (χ4v) is 2.39. The van der Waals surface area contributed by atoms with E-state index in [-0.39, 0.29) is 17.0 Å². The Bertz CT molecular complexity index is 790. The van der Waals surface area contributed by atoms with Gasteiger partial charge in [0.15, 0.2) is 5.76 Å². The van der Waals surface area contributed by atoms with Crippen LogP contribution >= 0.6 is 0 Å². The van der Waals surface area contributed by atoms with Gasteiger partial charge in [0, 0.05) is 11.1 Å². The van der Waals surface area contributed by atoms with Crippen molar-refractivity contribution < 1.29 is 24.0 Å². The van der Waals surface area contributed by atoms with Gasteiger partial charge in [0.2, 0.25) is 0 Å². The third-order valence-corrected chi connectivity index (χ3v) is 3.53. The molecular weight excluding hydrogens is 338 g/mol. The Hall–Kier alpha value is -3.03. The van der Waals surface area contributed by atoms with Gasteiger partial charge in [-0.2, -0.15) is 0 Å². The number of hydrogen-bond acceptors (Lipinski definition) is 5. The van der Waals surface area contributed by atoms with Crippen molar-refractivity contribution in [2.45, 2.75) is 39.3 Å². The van der Waals surface area contributed by atoms with Crippen molar-refractivity contribution in [3.63, 3.8) is 0 Å². The SMILES string of the molecule is COc1ccc(-c2noc([C@@H](C)NC(=O)NC(C)(C)C)c2C(=O)O)cc1. The van der Waals surface area contributed by atoms with Crippen LogP contribution in [0, 0.1) is 0 Å². The van der Waals surface area contributed by atoms with Crippen LogP contribution in [0.3, 0.4) is 0 Å². The minimum atomic E-state index is -1.18. The summed E-state index contributed by atoms with van der Waals surface area (Å²) in [7, 11) is 1.54. The molecule has 0 aliphatic rings. The van der Waals surface area contributed by atoms with E-state index in [4.69, 9.17) is 9.26 Å². The highest BCUT2D eigenvalue weighted by molar-refractivity contribution is 5.96. The summed E-state index contributed by atoms with van der Waals surface area (Å²) in [4.78, 5) is 23.8. The third-order valence-electron chi connectivity index (χ3n) is 3.53. The first-order valence-electron chi connectivity index (χ1n) is 8.08. The number of urea groups is 1. The largest absolute Gasteiger partial charge is 0.497 e. The Balaban J connectivity index is 2.31. The lowest BCUT2D eigenvalue weighted by Gasteiger charge is -2.22. The molecule has 1 atom stereocenters. The Labute approximate surface area is 151 Å². The van der Waals surface area contributed by atoms with E-state index in [9.17, 15) is 14.7 Å². The van der Waals surface area contributed by atoms with Crippen LogP contribution in [0.1, 0.15) is 49.9 Å². The monoisotopic (exact) mass is 361 g/mol. The number of carboxylic acids is 1. The highest BCUT2D eigenvalue weighted by Gasteiger charge is 2.28. The number of benzene rings is 1. The second-order valence-corrected chi connectivity index (χ2v) is 6.87. The van der Waals surface area contributed by atoms with Gasteiger partial charge in [0.05, 0.1) is 13.2 Å². The minimum absolute atomic E-state index is 0.0763. The number of aromatic carboxylic acids is 1. The number of carbonyl (C=O) groups is 2. The average Bonchev–Trinajstić information content (AvgIpc) is 2.98. The van der Waals surface area contributed by atoms with Gasteiger partial charge in [-0.25, -0.2) is 9.59 Å². The lowest BCUT2D eigenvalue weighted by Crippen LogP contribution is -2.47. The van der Waals surface area contributed by atoms with E-state index in [0.29, 0.717) is 11.3 Å². The van der Waals surface area contributed by atoms with Crippen LogP contribution in [0.5, 0.6) is 5.75 Å². The number of carboxylic acid groups (broad SMARTS) is 1. The number of aromatic nitrogens is 1. The van der Waals surface area contributed by atoms with Crippen LogP contribution in [-0.2, 0) is 0 Å². The lowest BCUT2D eigenvalue weighted by atomic mass is 10.0. The van der Waals surface area contributed by atoms with Crippen molar-refractivity contribution in [2.75, 3.05) is 7.11 Å². The highest BCUT2D eigenvalue weighted by atomic mass is 16.5. The van der Waals surface area contributed by atoms with Crippen LogP contribution < -0.4 is 15.4 Å². The number of ether oxygens (including phenoxy) is 1. The molecule has 2 aromatic rings. The van der Waals surface area contributed by atoms with Crippen LogP contribution in [-0.4, -0.2) is 34.9 Å². The first-order valence-corrected chi connectivity index (χ1v) is 8.08. The van der Waals surface area contributed by atoms with Gasteiger partial charge < -0.3 is 25.0 Å². The Morgan fingerprint density at radius 3 is 2.35 bits per heavy atom. The molecule has 2 amide bonds. The number of nitrogens with zero attached hydrogens (tertiary/aromatic N) is 1. The second kappa shape index (κ2) is 7.47. The smallest absolute Gasteiger partial charge is 0.341 e. The maximum absolute atomic E-state index is 12.0. The van der Waals surface area contributed by atoms with E-state index in [1.165, 1.54) is 0 Å². The Kier molecular flexibility index (Phi) is 5.54. The van der Waals surface area contributed by atoms with Crippen molar-refractivity contribution in [1.82, 2.24) is 15.8 Å². The standard InChI is InChI=1S/C18H23N3O5/c1-10(19-17(24)20-18(2,3)4)15-13(16(22)23)14(21-26-15)11-6-8-12(25-5)9-7-11/h6-10H,1-5H3,(H,22,23)(H2,19,20,24)/t10-/m1/s1. The molecule has 26 heavy (non-hydrogen) atoms. The Morgan fingerprint density at radius 1 is 1.23 bits per heavy atom. The molecule has 0 saturated heterocycles. The Morgan fingerprint density at radius 2 is 1.85 bits per heavy atom. The molecule has 3 N–H and O–H groups in total. The van der Waals surface area contributed by atoms with Crippen LogP contribution in [0.2, 0.25) is 0 Å². The number of methoxy groups -OCH3 is 1. The molecule has 0 radical (unpaired) electrons. The molecule has 8 heteroatoms. The van der Waals surface area contributed by atoms with E-state index in [0.717, 1.165) is 0 Å². The molecular formula is C18H23N3O5. The molecule has 1 heterocycles. The summed E-state index contributed by atoms with van der Waals surface area (Å²) >= 11 is 0. The van der Waals surface area contributed by atoms with E-state index >= 15 is 0 Å². The van der Waals surface area contributed by atoms with Crippen molar-refractivity contribution in [3.05, 3.63) is 35.6 Å². The number of amides is 2. The van der Waals surface area contributed by atoms with E-state index in [1.54, 1.807) is 38.3 Å². The van der Waals surface area contributed by atoms with Crippen molar-refractivity contribution in [2.24, 2.45) is 0 Å². The van der Waals surface area contributed by atoms with Crippen molar-refractivity contribution in [1.29, 1.82) is 0 Å². The molecule has 0 spiro atoms. The van der Waals surface area contributed by atoms with Gasteiger partial charge in [0.25, 0.3) is 0 Å². The molecule has 0 fully saturated rings. The van der Waals surface area contributed by atoms with Gasteiger partial charge in [-0.05, 0) is 52.0 Å². The average molecular weight is 361 g/mol. The molecule has 2 rings (SSSR count). The lowest BCUT2D eigenvalue weighted by molar-refractivity contribution is 0.0693. The summed E-state index contributed by atoms with van der Waals surface area (Å²) in [6.45, 7) is 7.16. The molecule has 8 nitrogen and oxygen atoms in total. The summed E-state index contributed by atoms with van der Waals surface area (Å²) in [5.41, 5.74) is 0.262. The van der Waals surface area contributed by atoms with Crippen molar-refractivity contribution >= 4 is 12.0 Å². The maximum atomic E-state index is 12.0. The third kappa shape index (κ3) is 4.53. The summed E-state index contributed by atoms with van der Waals surface area (Å²) < 4.78 is 10.4. The van der Waals surface area contributed by atoms with Gasteiger partial charge in [-0.3, -0.25) is 0 Å². The van der Waals surface area contributed by atoms with Gasteiger partial charge in [-0.15, -0.1) is 0 Å². The van der Waals surface area contributed by atoms with Gasteiger partial charge in [0.1, 0.15) is 17.0 Å². The van der Waals surface area contributed by atoms with E-state index in [2.05, 4.69) is 15.8 Å². The second-order valence-electron chi connectivity index (χ2n) is 6.87. The molecule has 0 saturated carbocycles. The normalized spacial score (nSPS) is 12.3. The van der Waals surface area contributed by atoms with Crippen LogP contribution in [0.25, 0.3) is 11.3 Å². The molecule has 140 valence electrons. The highest BCUT2D eigenvalue weighted by Crippen LogP contribution is 2.30.